The van der Waals surface area contributed by atoms with Crippen molar-refractivity contribution in [1.29, 1.82) is 0 Å². The van der Waals surface area contributed by atoms with Crippen LogP contribution >= 0.6 is 11.6 Å². The zero-order valence-corrected chi connectivity index (χ0v) is 22.0. The summed E-state index contributed by atoms with van der Waals surface area (Å²) in [6.07, 6.45) is 6.66. The number of piperidine rings is 1. The van der Waals surface area contributed by atoms with Crippen LogP contribution in [0.5, 0.6) is 5.75 Å². The van der Waals surface area contributed by atoms with E-state index in [1.54, 1.807) is 24.3 Å². The molecule has 2 aliphatic heterocycles. The standard InChI is InChI=1S/C27H30ClN3O4S/c1-18-7-10-21(11-8-18)36(33,34)30-15-13-20(14-16-30)31-27(32)23-6-4-3-5-22(23)26(29-31)19-9-12-25(35-2)24(28)17-19/h3-4,7-12,17,20,22-23H,5-6,13-16H2,1-2H3. The second kappa shape index (κ2) is 10.00. The highest BCUT2D eigenvalue weighted by Gasteiger charge is 2.43. The van der Waals surface area contributed by atoms with Gasteiger partial charge in [-0.25, -0.2) is 13.4 Å². The zero-order valence-electron chi connectivity index (χ0n) is 20.4. The van der Waals surface area contributed by atoms with Crippen LogP contribution in [0.1, 0.15) is 36.8 Å². The highest BCUT2D eigenvalue weighted by atomic mass is 35.5. The molecule has 5 rings (SSSR count). The maximum Gasteiger partial charge on any atom is 0.247 e. The fraction of sp³-hybridized carbons (Fsp3) is 0.407. The molecule has 1 aliphatic carbocycles. The molecule has 0 spiro atoms. The second-order valence-electron chi connectivity index (χ2n) is 9.62. The summed E-state index contributed by atoms with van der Waals surface area (Å²) in [6, 6.07) is 12.4. The van der Waals surface area contributed by atoms with E-state index in [4.69, 9.17) is 21.4 Å². The molecule has 2 aromatic rings. The van der Waals surface area contributed by atoms with Crippen LogP contribution in [0, 0.1) is 18.8 Å². The van der Waals surface area contributed by atoms with E-state index in [0.29, 0.717) is 48.0 Å². The summed E-state index contributed by atoms with van der Waals surface area (Å²) < 4.78 is 33.1. The van der Waals surface area contributed by atoms with Crippen molar-refractivity contribution in [3.63, 3.8) is 0 Å². The van der Waals surface area contributed by atoms with E-state index in [1.165, 1.54) is 4.31 Å². The first-order valence-electron chi connectivity index (χ1n) is 12.3. The molecule has 3 aliphatic rings. The van der Waals surface area contributed by atoms with Gasteiger partial charge in [0.25, 0.3) is 0 Å². The number of nitrogens with zero attached hydrogens (tertiary/aromatic N) is 3. The molecule has 0 saturated carbocycles. The molecule has 0 aromatic heterocycles. The number of hydrogen-bond donors (Lipinski definition) is 0. The lowest BCUT2D eigenvalue weighted by Crippen LogP contribution is -2.52. The smallest absolute Gasteiger partial charge is 0.247 e. The molecule has 0 bridgehead atoms. The molecule has 2 aromatic carbocycles. The van der Waals surface area contributed by atoms with Crippen molar-refractivity contribution in [2.24, 2.45) is 16.9 Å². The Labute approximate surface area is 217 Å². The molecule has 1 amide bonds. The number of carbonyl (C=O) groups is 1. The fourth-order valence-electron chi connectivity index (χ4n) is 5.34. The topological polar surface area (TPSA) is 79.3 Å². The average molecular weight is 528 g/mol. The van der Waals surface area contributed by atoms with Gasteiger partial charge in [-0.2, -0.15) is 9.41 Å². The Kier molecular flexibility index (Phi) is 6.94. The van der Waals surface area contributed by atoms with Crippen LogP contribution in [0.25, 0.3) is 0 Å². The number of allylic oxidation sites excluding steroid dienone is 2. The maximum atomic E-state index is 13.5. The van der Waals surface area contributed by atoms with Crippen LogP contribution in [0.15, 0.2) is 64.6 Å². The van der Waals surface area contributed by atoms with E-state index in [2.05, 4.69) is 12.2 Å². The van der Waals surface area contributed by atoms with Crippen molar-refractivity contribution >= 4 is 33.2 Å². The van der Waals surface area contributed by atoms with Gasteiger partial charge in [0.05, 0.1) is 34.7 Å². The Morgan fingerprint density at radius 3 is 2.31 bits per heavy atom. The third kappa shape index (κ3) is 4.58. The minimum Gasteiger partial charge on any atom is -0.495 e. The molecule has 190 valence electrons. The fourth-order valence-corrected chi connectivity index (χ4v) is 7.07. The van der Waals surface area contributed by atoms with Gasteiger partial charge in [-0.15, -0.1) is 0 Å². The molecule has 0 N–H and O–H groups in total. The second-order valence-corrected chi connectivity index (χ2v) is 12.0. The minimum absolute atomic E-state index is 0.00906. The Balaban J connectivity index is 1.40. The van der Waals surface area contributed by atoms with Gasteiger partial charge in [0.15, 0.2) is 0 Å². The van der Waals surface area contributed by atoms with Gasteiger partial charge in [0.1, 0.15) is 5.75 Å². The molecule has 7 nitrogen and oxygen atoms in total. The number of methoxy groups -OCH3 is 1. The largest absolute Gasteiger partial charge is 0.495 e. The summed E-state index contributed by atoms with van der Waals surface area (Å²) in [7, 11) is -2.00. The van der Waals surface area contributed by atoms with Crippen LogP contribution in [0.2, 0.25) is 5.02 Å². The van der Waals surface area contributed by atoms with Crippen molar-refractivity contribution < 1.29 is 17.9 Å². The molecule has 9 heteroatoms. The predicted molar refractivity (Wildman–Crippen MR) is 140 cm³/mol. The SMILES string of the molecule is COc1ccc(C2=NN(C3CCN(S(=O)(=O)c4ccc(C)cc4)CC3)C(=O)C3CC=CCC23)cc1Cl. The molecule has 2 atom stereocenters. The van der Waals surface area contributed by atoms with Crippen LogP contribution in [-0.2, 0) is 14.8 Å². The third-order valence-electron chi connectivity index (χ3n) is 7.42. The number of ether oxygens (including phenoxy) is 1. The Morgan fingerprint density at radius 2 is 1.67 bits per heavy atom. The lowest BCUT2D eigenvalue weighted by Gasteiger charge is -2.42. The van der Waals surface area contributed by atoms with E-state index in [0.717, 1.165) is 23.3 Å². The summed E-state index contributed by atoms with van der Waals surface area (Å²) >= 11 is 6.42. The van der Waals surface area contributed by atoms with Crippen molar-refractivity contribution in [3.8, 4) is 5.75 Å². The van der Waals surface area contributed by atoms with E-state index in [-0.39, 0.29) is 23.8 Å². The van der Waals surface area contributed by atoms with E-state index >= 15 is 0 Å². The quantitative estimate of drug-likeness (QED) is 0.531. The first kappa shape index (κ1) is 25.0. The van der Waals surface area contributed by atoms with Gasteiger partial charge < -0.3 is 4.74 Å². The third-order valence-corrected chi connectivity index (χ3v) is 9.63. The first-order valence-corrected chi connectivity index (χ1v) is 14.1. The van der Waals surface area contributed by atoms with E-state index in [9.17, 15) is 13.2 Å². The van der Waals surface area contributed by atoms with Gasteiger partial charge in [0.2, 0.25) is 15.9 Å². The van der Waals surface area contributed by atoms with Gasteiger partial charge >= 0.3 is 0 Å². The highest BCUT2D eigenvalue weighted by Crippen LogP contribution is 2.38. The van der Waals surface area contributed by atoms with Crippen LogP contribution in [-0.4, -0.2) is 55.6 Å². The number of amides is 1. The molecule has 1 fully saturated rings. The van der Waals surface area contributed by atoms with E-state index in [1.807, 2.05) is 37.3 Å². The lowest BCUT2D eigenvalue weighted by atomic mass is 9.76. The highest BCUT2D eigenvalue weighted by molar-refractivity contribution is 7.89. The summed E-state index contributed by atoms with van der Waals surface area (Å²) in [4.78, 5) is 13.8. The summed E-state index contributed by atoms with van der Waals surface area (Å²) in [5, 5.41) is 7.02. The molecule has 36 heavy (non-hydrogen) atoms. The van der Waals surface area contributed by atoms with Crippen molar-refractivity contribution in [3.05, 3.63) is 70.8 Å². The number of sulfonamides is 1. The van der Waals surface area contributed by atoms with Crippen molar-refractivity contribution in [1.82, 2.24) is 9.31 Å². The molecular formula is C27H30ClN3O4S. The van der Waals surface area contributed by atoms with Crippen LogP contribution in [0.3, 0.4) is 0 Å². The zero-order chi connectivity index (χ0) is 25.4. The number of carbonyl (C=O) groups excluding carboxylic acids is 1. The van der Waals surface area contributed by atoms with Gasteiger partial charge in [0, 0.05) is 19.0 Å². The summed E-state index contributed by atoms with van der Waals surface area (Å²) in [5.74, 6) is 0.419. The van der Waals surface area contributed by atoms with Gasteiger partial charge in [-0.1, -0.05) is 41.4 Å². The number of hydrogen-bond acceptors (Lipinski definition) is 5. The Morgan fingerprint density at radius 1 is 1.00 bits per heavy atom. The van der Waals surface area contributed by atoms with Crippen LogP contribution in [0.4, 0.5) is 0 Å². The monoisotopic (exact) mass is 527 g/mol. The van der Waals surface area contributed by atoms with Crippen LogP contribution < -0.4 is 4.74 Å². The van der Waals surface area contributed by atoms with Crippen molar-refractivity contribution in [2.75, 3.05) is 20.2 Å². The number of hydrazone groups is 1. The molecule has 0 radical (unpaired) electrons. The average Bonchev–Trinajstić information content (AvgIpc) is 2.89. The minimum atomic E-state index is -3.57. The molecule has 1 saturated heterocycles. The lowest BCUT2D eigenvalue weighted by molar-refractivity contribution is -0.141. The number of fused-ring (bicyclic) bond motifs is 1. The molecular weight excluding hydrogens is 498 g/mol. The number of benzene rings is 2. The number of halogens is 1. The number of aryl methyl sites for hydroxylation is 1. The van der Waals surface area contributed by atoms with Gasteiger partial charge in [-0.05, 0) is 68.5 Å². The first-order chi connectivity index (χ1) is 17.3. The predicted octanol–water partition coefficient (Wildman–Crippen LogP) is 4.64. The van der Waals surface area contributed by atoms with E-state index < -0.39 is 10.0 Å². The normalized spacial score (nSPS) is 23.4. The number of rotatable bonds is 5. The molecule has 2 heterocycles. The summed E-state index contributed by atoms with van der Waals surface area (Å²) in [6.45, 7) is 2.62. The summed E-state index contributed by atoms with van der Waals surface area (Å²) in [5.41, 5.74) is 2.74. The maximum absolute atomic E-state index is 13.5. The van der Waals surface area contributed by atoms with Gasteiger partial charge in [-0.3, -0.25) is 4.79 Å². The Bertz CT molecular complexity index is 1320. The molecule has 2 unspecified atom stereocenters. The van der Waals surface area contributed by atoms with Crippen molar-refractivity contribution in [2.45, 2.75) is 43.5 Å². The Hall–Kier alpha value is -2.68.